The highest BCUT2D eigenvalue weighted by molar-refractivity contribution is 7.89. The third kappa shape index (κ3) is 4.80. The summed E-state index contributed by atoms with van der Waals surface area (Å²) in [5.74, 6) is -1.26. The van der Waals surface area contributed by atoms with Gasteiger partial charge in [0.05, 0.1) is 14.2 Å². The maximum Gasteiger partial charge on any atom is 0.249 e. The van der Waals surface area contributed by atoms with E-state index in [4.69, 9.17) is 9.47 Å². The molecule has 31 heavy (non-hydrogen) atoms. The summed E-state index contributed by atoms with van der Waals surface area (Å²) in [5, 5.41) is 0. The summed E-state index contributed by atoms with van der Waals surface area (Å²) in [6.45, 7) is 0.210. The minimum Gasteiger partial charge on any atom is -0.493 e. The van der Waals surface area contributed by atoms with E-state index in [0.29, 0.717) is 17.9 Å². The van der Waals surface area contributed by atoms with Crippen LogP contribution in [0.1, 0.15) is 12.0 Å². The summed E-state index contributed by atoms with van der Waals surface area (Å²) in [7, 11) is -1.27. The number of carbonyl (C=O) groups is 1. The first-order valence-electron chi connectivity index (χ1n) is 9.71. The van der Waals surface area contributed by atoms with E-state index in [-0.39, 0.29) is 38.5 Å². The van der Waals surface area contributed by atoms with E-state index < -0.39 is 26.6 Å². The number of hydrogen-bond acceptors (Lipinski definition) is 5. The first-order valence-corrected chi connectivity index (χ1v) is 11.2. The van der Waals surface area contributed by atoms with Gasteiger partial charge in [-0.25, -0.2) is 17.2 Å². The fourth-order valence-corrected chi connectivity index (χ4v) is 5.12. The Kier molecular flexibility index (Phi) is 7.11. The van der Waals surface area contributed by atoms with Crippen LogP contribution < -0.4 is 9.47 Å². The van der Waals surface area contributed by atoms with Gasteiger partial charge in [-0.3, -0.25) is 4.79 Å². The molecule has 0 aliphatic carbocycles. The molecule has 10 heteroatoms. The molecule has 1 heterocycles. The first kappa shape index (κ1) is 23.0. The monoisotopic (exact) mass is 454 g/mol. The van der Waals surface area contributed by atoms with E-state index >= 15 is 0 Å². The van der Waals surface area contributed by atoms with Crippen LogP contribution in [0.25, 0.3) is 0 Å². The molecule has 1 fully saturated rings. The summed E-state index contributed by atoms with van der Waals surface area (Å²) in [6, 6.07) is 8.35. The van der Waals surface area contributed by atoms with Gasteiger partial charge in [-0.2, -0.15) is 4.31 Å². The van der Waals surface area contributed by atoms with Gasteiger partial charge >= 0.3 is 0 Å². The highest BCUT2D eigenvalue weighted by atomic mass is 32.2. The van der Waals surface area contributed by atoms with Crippen LogP contribution in [0.3, 0.4) is 0 Å². The molecule has 0 aromatic heterocycles. The highest BCUT2D eigenvalue weighted by Gasteiger charge is 2.34. The number of rotatable bonds is 7. The number of methoxy groups -OCH3 is 2. The molecule has 0 N–H and O–H groups in total. The van der Waals surface area contributed by atoms with Crippen molar-refractivity contribution in [3.63, 3.8) is 0 Å². The van der Waals surface area contributed by atoms with Gasteiger partial charge in [0.2, 0.25) is 15.9 Å². The predicted molar refractivity (Wildman–Crippen MR) is 110 cm³/mol. The van der Waals surface area contributed by atoms with Crippen molar-refractivity contribution in [3.05, 3.63) is 53.6 Å². The topological polar surface area (TPSA) is 76.2 Å². The van der Waals surface area contributed by atoms with E-state index in [1.807, 2.05) is 12.1 Å². The predicted octanol–water partition coefficient (Wildman–Crippen LogP) is 2.45. The molecule has 0 atom stereocenters. The number of benzene rings is 2. The molecule has 1 aliphatic rings. The number of hydrogen-bond donors (Lipinski definition) is 0. The lowest BCUT2D eigenvalue weighted by atomic mass is 10.1. The van der Waals surface area contributed by atoms with Crippen molar-refractivity contribution in [1.82, 2.24) is 9.21 Å². The number of piperazine rings is 1. The Morgan fingerprint density at radius 3 is 2.16 bits per heavy atom. The molecule has 2 aromatic carbocycles. The van der Waals surface area contributed by atoms with Gasteiger partial charge in [-0.1, -0.05) is 18.2 Å². The molecular weight excluding hydrogens is 430 g/mol. The molecule has 0 spiro atoms. The van der Waals surface area contributed by atoms with Crippen molar-refractivity contribution in [3.8, 4) is 11.5 Å². The second-order valence-corrected chi connectivity index (χ2v) is 8.86. The number of ether oxygens (including phenoxy) is 2. The third-order valence-corrected chi connectivity index (χ3v) is 7.15. The molecule has 0 bridgehead atoms. The Labute approximate surface area is 180 Å². The van der Waals surface area contributed by atoms with Crippen LogP contribution in [0, 0.1) is 11.6 Å². The molecule has 0 unspecified atom stereocenters. The summed E-state index contributed by atoms with van der Waals surface area (Å²) >= 11 is 0. The molecule has 1 saturated heterocycles. The molecule has 0 radical (unpaired) electrons. The van der Waals surface area contributed by atoms with Crippen LogP contribution in [0.5, 0.6) is 11.5 Å². The van der Waals surface area contributed by atoms with E-state index in [1.165, 1.54) is 14.2 Å². The van der Waals surface area contributed by atoms with Gasteiger partial charge in [0.25, 0.3) is 0 Å². The maximum absolute atomic E-state index is 14.0. The van der Waals surface area contributed by atoms with E-state index in [9.17, 15) is 22.0 Å². The molecule has 1 aliphatic heterocycles. The average molecular weight is 454 g/mol. The maximum atomic E-state index is 14.0. The Morgan fingerprint density at radius 2 is 1.58 bits per heavy atom. The Morgan fingerprint density at radius 1 is 0.968 bits per heavy atom. The van der Waals surface area contributed by atoms with Crippen LogP contribution in [0.4, 0.5) is 8.78 Å². The largest absolute Gasteiger partial charge is 0.493 e. The van der Waals surface area contributed by atoms with Crippen LogP contribution in [0.2, 0.25) is 0 Å². The Bertz CT molecular complexity index is 1030. The van der Waals surface area contributed by atoms with Gasteiger partial charge in [0, 0.05) is 32.6 Å². The summed E-state index contributed by atoms with van der Waals surface area (Å²) in [6.07, 6.45) is 0.635. The number of para-hydroxylation sites is 1. The van der Waals surface area contributed by atoms with Crippen LogP contribution in [-0.2, 0) is 21.2 Å². The number of sulfonamides is 1. The van der Waals surface area contributed by atoms with Crippen molar-refractivity contribution in [2.45, 2.75) is 17.7 Å². The number of amides is 1. The molecule has 2 aromatic rings. The lowest BCUT2D eigenvalue weighted by Crippen LogP contribution is -2.50. The number of carbonyl (C=O) groups excluding carboxylic acids is 1. The Hall–Kier alpha value is -2.72. The fraction of sp³-hybridized carbons (Fsp3) is 0.381. The van der Waals surface area contributed by atoms with Crippen molar-refractivity contribution in [2.75, 3.05) is 40.4 Å². The fourth-order valence-electron chi connectivity index (χ4n) is 3.59. The normalized spacial score (nSPS) is 15.0. The van der Waals surface area contributed by atoms with E-state index in [2.05, 4.69) is 0 Å². The molecule has 1 amide bonds. The van der Waals surface area contributed by atoms with Gasteiger partial charge in [0.15, 0.2) is 16.4 Å². The summed E-state index contributed by atoms with van der Waals surface area (Å²) in [4.78, 5) is 13.2. The molecule has 3 rings (SSSR count). The van der Waals surface area contributed by atoms with Crippen molar-refractivity contribution in [1.29, 1.82) is 0 Å². The van der Waals surface area contributed by atoms with Crippen molar-refractivity contribution in [2.24, 2.45) is 0 Å². The van der Waals surface area contributed by atoms with Crippen LogP contribution in [-0.4, -0.2) is 63.9 Å². The number of nitrogens with zero attached hydrogens (tertiary/aromatic N) is 2. The molecular formula is C21H24F2N2O5S. The zero-order valence-electron chi connectivity index (χ0n) is 17.3. The zero-order valence-corrected chi connectivity index (χ0v) is 18.1. The summed E-state index contributed by atoms with van der Waals surface area (Å²) in [5.41, 5.74) is 0.825. The highest BCUT2D eigenvalue weighted by Crippen LogP contribution is 2.31. The van der Waals surface area contributed by atoms with Crippen molar-refractivity contribution < 1.29 is 31.5 Å². The SMILES string of the molecule is COc1cccc(CCC(=O)N2CCN(S(=O)(=O)c3c(F)cccc3F)CC2)c1OC. The zero-order chi connectivity index (χ0) is 22.6. The third-order valence-electron chi connectivity index (χ3n) is 5.20. The second-order valence-electron chi connectivity index (χ2n) is 6.99. The molecule has 0 saturated carbocycles. The van der Waals surface area contributed by atoms with E-state index in [0.717, 1.165) is 28.1 Å². The molecule has 168 valence electrons. The Balaban J connectivity index is 1.62. The van der Waals surface area contributed by atoms with Crippen molar-refractivity contribution >= 4 is 15.9 Å². The number of aryl methyl sites for hydroxylation is 1. The standard InChI is InChI=1S/C21H24F2N2O5S/c1-29-18-8-3-5-15(20(18)30-2)9-10-19(26)24-11-13-25(14-12-24)31(27,28)21-16(22)6-4-7-17(21)23/h3-8H,9-14H2,1-2H3. The minimum atomic E-state index is -4.33. The lowest BCUT2D eigenvalue weighted by Gasteiger charge is -2.34. The van der Waals surface area contributed by atoms with Gasteiger partial charge in [-0.05, 0) is 30.2 Å². The minimum absolute atomic E-state index is 0.0374. The van der Waals surface area contributed by atoms with Crippen LogP contribution >= 0.6 is 0 Å². The summed E-state index contributed by atoms with van der Waals surface area (Å²) < 4.78 is 64.9. The van der Waals surface area contributed by atoms with Gasteiger partial charge in [-0.15, -0.1) is 0 Å². The lowest BCUT2D eigenvalue weighted by molar-refractivity contribution is -0.132. The van der Waals surface area contributed by atoms with Gasteiger partial charge in [0.1, 0.15) is 11.6 Å². The quantitative estimate of drug-likeness (QED) is 0.643. The second kappa shape index (κ2) is 9.61. The first-order chi connectivity index (χ1) is 14.8. The smallest absolute Gasteiger partial charge is 0.249 e. The van der Waals surface area contributed by atoms with Crippen LogP contribution in [0.15, 0.2) is 41.3 Å². The number of halogens is 2. The average Bonchev–Trinajstić information content (AvgIpc) is 2.76. The van der Waals surface area contributed by atoms with E-state index in [1.54, 1.807) is 11.0 Å². The van der Waals surface area contributed by atoms with Gasteiger partial charge < -0.3 is 14.4 Å². The molecule has 7 nitrogen and oxygen atoms in total.